The van der Waals surface area contributed by atoms with Crippen LogP contribution in [-0.4, -0.2) is 24.3 Å². The van der Waals surface area contributed by atoms with Gasteiger partial charge in [-0.25, -0.2) is 8.78 Å². The van der Waals surface area contributed by atoms with E-state index in [1.165, 1.54) is 7.11 Å². The molecule has 0 fully saturated rings. The maximum absolute atomic E-state index is 11.9. The number of hydrogen-bond donors (Lipinski definition) is 0. The van der Waals surface area contributed by atoms with E-state index in [-0.39, 0.29) is 15.2 Å². The molecule has 0 saturated carbocycles. The lowest BCUT2D eigenvalue weighted by atomic mass is 10.4. The van der Waals surface area contributed by atoms with Crippen LogP contribution in [0.3, 0.4) is 0 Å². The fraction of sp³-hybridized carbons (Fsp3) is 0.333. The summed E-state index contributed by atoms with van der Waals surface area (Å²) in [6.45, 7) is 0. The van der Waals surface area contributed by atoms with Crippen molar-refractivity contribution in [2.24, 2.45) is 0 Å². The minimum atomic E-state index is -3.07. The summed E-state index contributed by atoms with van der Waals surface area (Å²) in [5.74, 6) is -1.33. The molecule has 0 N–H and O–H groups in total. The summed E-state index contributed by atoms with van der Waals surface area (Å²) in [4.78, 5) is 14.0. The molecule has 72 valence electrons. The summed E-state index contributed by atoms with van der Waals surface area (Å²) < 4.78 is 28.5. The van der Waals surface area contributed by atoms with Crippen LogP contribution in [0, 0.1) is 0 Å². The van der Waals surface area contributed by atoms with Gasteiger partial charge in [0.1, 0.15) is 4.88 Å². The molecule has 0 amide bonds. The fourth-order valence-electron chi connectivity index (χ4n) is 0.622. The Hall–Kier alpha value is -0.750. The van der Waals surface area contributed by atoms with E-state index in [4.69, 9.17) is 11.6 Å². The molecule has 1 aromatic heterocycles. The Balaban J connectivity index is 3.00. The first kappa shape index (κ1) is 10.3. The zero-order valence-corrected chi connectivity index (χ0v) is 7.96. The van der Waals surface area contributed by atoms with Crippen LogP contribution in [-0.2, 0) is 0 Å². The Morgan fingerprint density at radius 2 is 2.31 bits per heavy atom. The SMILES string of the molecule is COc1nc(Cl)c(C(=O)C(F)F)s1. The number of carbonyl (C=O) groups is 1. The molecular weight excluding hydrogens is 224 g/mol. The summed E-state index contributed by atoms with van der Waals surface area (Å²) in [5.41, 5.74) is 0. The minimum absolute atomic E-state index is 0.0917. The lowest BCUT2D eigenvalue weighted by molar-refractivity contribution is 0.0683. The zero-order valence-electron chi connectivity index (χ0n) is 6.38. The molecule has 1 rings (SSSR count). The lowest BCUT2D eigenvalue weighted by Gasteiger charge is -1.92. The first-order chi connectivity index (χ1) is 6.06. The quantitative estimate of drug-likeness (QED) is 0.744. The van der Waals surface area contributed by atoms with Crippen LogP contribution in [0.2, 0.25) is 5.15 Å². The van der Waals surface area contributed by atoms with Gasteiger partial charge in [-0.1, -0.05) is 22.9 Å². The predicted octanol–water partition coefficient (Wildman–Crippen LogP) is 2.25. The predicted molar refractivity (Wildman–Crippen MR) is 44.0 cm³/mol. The van der Waals surface area contributed by atoms with E-state index in [1.54, 1.807) is 0 Å². The number of ketones is 1. The van der Waals surface area contributed by atoms with Crippen LogP contribution < -0.4 is 4.74 Å². The van der Waals surface area contributed by atoms with Gasteiger partial charge < -0.3 is 4.74 Å². The zero-order chi connectivity index (χ0) is 10.0. The molecule has 0 saturated heterocycles. The van der Waals surface area contributed by atoms with Crippen molar-refractivity contribution in [1.82, 2.24) is 4.98 Å². The Morgan fingerprint density at radius 1 is 1.69 bits per heavy atom. The number of thiazole rings is 1. The van der Waals surface area contributed by atoms with Crippen LogP contribution in [0.25, 0.3) is 0 Å². The second-order valence-electron chi connectivity index (χ2n) is 1.97. The average Bonchev–Trinajstić information content (AvgIpc) is 2.45. The number of methoxy groups -OCH3 is 1. The number of nitrogens with zero attached hydrogens (tertiary/aromatic N) is 1. The van der Waals surface area contributed by atoms with Crippen LogP contribution in [0.4, 0.5) is 8.78 Å². The van der Waals surface area contributed by atoms with E-state index in [0.29, 0.717) is 11.3 Å². The summed E-state index contributed by atoms with van der Waals surface area (Å²) in [6.07, 6.45) is -3.07. The largest absolute Gasteiger partial charge is 0.473 e. The number of alkyl halides is 2. The van der Waals surface area contributed by atoms with Crippen molar-refractivity contribution in [3.05, 3.63) is 10.0 Å². The molecule has 13 heavy (non-hydrogen) atoms. The first-order valence-electron chi connectivity index (χ1n) is 3.09. The molecule has 0 radical (unpaired) electrons. The van der Waals surface area contributed by atoms with Crippen molar-refractivity contribution in [3.63, 3.8) is 0 Å². The van der Waals surface area contributed by atoms with Crippen molar-refractivity contribution in [2.45, 2.75) is 6.43 Å². The monoisotopic (exact) mass is 227 g/mol. The van der Waals surface area contributed by atoms with Gasteiger partial charge in [-0.15, -0.1) is 0 Å². The molecule has 0 aromatic carbocycles. The Kier molecular flexibility index (Phi) is 3.16. The Morgan fingerprint density at radius 3 is 2.69 bits per heavy atom. The summed E-state index contributed by atoms with van der Waals surface area (Å²) >= 11 is 6.13. The topological polar surface area (TPSA) is 39.2 Å². The molecule has 1 aromatic rings. The molecule has 0 aliphatic carbocycles. The van der Waals surface area contributed by atoms with Gasteiger partial charge in [-0.2, -0.15) is 4.98 Å². The molecule has 0 atom stereocenters. The van der Waals surface area contributed by atoms with Crippen molar-refractivity contribution in [1.29, 1.82) is 0 Å². The Labute approximate surface area is 81.3 Å². The van der Waals surface area contributed by atoms with E-state index in [1.807, 2.05) is 0 Å². The number of ether oxygens (including phenoxy) is 1. The van der Waals surface area contributed by atoms with Gasteiger partial charge in [0.15, 0.2) is 5.15 Å². The summed E-state index contributed by atoms with van der Waals surface area (Å²) in [5, 5.41) is -0.152. The van der Waals surface area contributed by atoms with Crippen molar-refractivity contribution >= 4 is 28.7 Å². The van der Waals surface area contributed by atoms with E-state index < -0.39 is 12.2 Å². The van der Waals surface area contributed by atoms with Gasteiger partial charge in [-0.3, -0.25) is 4.79 Å². The van der Waals surface area contributed by atoms with E-state index >= 15 is 0 Å². The Bertz CT molecular complexity index is 328. The molecule has 0 aliphatic heterocycles. The van der Waals surface area contributed by atoms with Crippen molar-refractivity contribution in [2.75, 3.05) is 7.11 Å². The molecular formula is C6H4ClF2NO2S. The molecule has 0 aliphatic rings. The highest BCUT2D eigenvalue weighted by molar-refractivity contribution is 7.16. The van der Waals surface area contributed by atoms with Crippen LogP contribution in [0.1, 0.15) is 9.67 Å². The van der Waals surface area contributed by atoms with Gasteiger partial charge in [0.25, 0.3) is 5.19 Å². The third-order valence-corrected chi connectivity index (χ3v) is 2.58. The van der Waals surface area contributed by atoms with Gasteiger partial charge >= 0.3 is 6.43 Å². The highest BCUT2D eigenvalue weighted by Crippen LogP contribution is 2.29. The van der Waals surface area contributed by atoms with E-state index in [0.717, 1.165) is 0 Å². The standard InChI is InChI=1S/C6H4ClF2NO2S/c1-12-6-10-4(7)3(13-6)2(11)5(8)9/h5H,1H3. The molecule has 0 bridgehead atoms. The van der Waals surface area contributed by atoms with Crippen LogP contribution in [0.15, 0.2) is 0 Å². The first-order valence-corrected chi connectivity index (χ1v) is 4.28. The van der Waals surface area contributed by atoms with E-state index in [9.17, 15) is 13.6 Å². The number of carbonyl (C=O) groups excluding carboxylic acids is 1. The second-order valence-corrected chi connectivity index (χ2v) is 3.29. The van der Waals surface area contributed by atoms with Crippen molar-refractivity contribution in [3.8, 4) is 5.19 Å². The van der Waals surface area contributed by atoms with Crippen molar-refractivity contribution < 1.29 is 18.3 Å². The maximum atomic E-state index is 11.9. The van der Waals surface area contributed by atoms with Crippen LogP contribution in [0.5, 0.6) is 5.19 Å². The summed E-state index contributed by atoms with van der Waals surface area (Å²) in [7, 11) is 1.31. The maximum Gasteiger partial charge on any atom is 0.301 e. The number of Topliss-reactive ketones (excluding diaryl/α,β-unsaturated/α-hetero) is 1. The molecule has 0 unspecified atom stereocenters. The number of rotatable bonds is 3. The minimum Gasteiger partial charge on any atom is -0.473 e. The molecule has 3 nitrogen and oxygen atoms in total. The second kappa shape index (κ2) is 3.97. The van der Waals surface area contributed by atoms with Gasteiger partial charge in [0.05, 0.1) is 7.11 Å². The highest BCUT2D eigenvalue weighted by atomic mass is 35.5. The van der Waals surface area contributed by atoms with Gasteiger partial charge in [0.2, 0.25) is 5.78 Å². The third kappa shape index (κ3) is 2.13. The number of halogens is 3. The highest BCUT2D eigenvalue weighted by Gasteiger charge is 2.24. The summed E-state index contributed by atoms with van der Waals surface area (Å²) in [6, 6.07) is 0. The average molecular weight is 228 g/mol. The van der Waals surface area contributed by atoms with Gasteiger partial charge in [0, 0.05) is 0 Å². The number of hydrogen-bond acceptors (Lipinski definition) is 4. The normalized spacial score (nSPS) is 10.5. The number of aromatic nitrogens is 1. The lowest BCUT2D eigenvalue weighted by Crippen LogP contribution is -2.08. The third-order valence-electron chi connectivity index (χ3n) is 1.16. The van der Waals surface area contributed by atoms with Gasteiger partial charge in [-0.05, 0) is 0 Å². The molecule has 0 spiro atoms. The fourth-order valence-corrected chi connectivity index (χ4v) is 1.67. The van der Waals surface area contributed by atoms with E-state index in [2.05, 4.69) is 9.72 Å². The smallest absolute Gasteiger partial charge is 0.301 e. The van der Waals surface area contributed by atoms with Crippen LogP contribution >= 0.6 is 22.9 Å². The molecule has 7 heteroatoms. The molecule has 1 heterocycles.